The summed E-state index contributed by atoms with van der Waals surface area (Å²) in [4.78, 5) is 2.09. The highest BCUT2D eigenvalue weighted by atomic mass is 32.2. The van der Waals surface area contributed by atoms with Gasteiger partial charge in [-0.25, -0.2) is 8.42 Å². The lowest BCUT2D eigenvalue weighted by atomic mass is 9.96. The Kier molecular flexibility index (Phi) is 4.51. The van der Waals surface area contributed by atoms with Crippen LogP contribution in [0.2, 0.25) is 0 Å². The number of nitrogens with zero attached hydrogens (tertiary/aromatic N) is 5. The summed E-state index contributed by atoms with van der Waals surface area (Å²) in [7, 11) is -1.87. The van der Waals surface area contributed by atoms with Gasteiger partial charge in [0.15, 0.2) is 11.4 Å². The van der Waals surface area contributed by atoms with Gasteiger partial charge in [-0.05, 0) is 49.4 Å². The predicted molar refractivity (Wildman–Crippen MR) is 109 cm³/mol. The highest BCUT2D eigenvalue weighted by Crippen LogP contribution is 2.28. The molecular formula is C20H23N5O3S. The summed E-state index contributed by atoms with van der Waals surface area (Å²) in [5, 5.41) is 13.4. The number of para-hydroxylation sites is 1. The molecule has 0 saturated carbocycles. The molecule has 152 valence electrons. The molecule has 1 aliphatic heterocycles. The molecule has 1 fully saturated rings. The molecule has 1 aromatic carbocycles. The topological polar surface area (TPSA) is 92.4 Å². The van der Waals surface area contributed by atoms with Crippen LogP contribution in [-0.4, -0.2) is 54.3 Å². The Labute approximate surface area is 169 Å². The van der Waals surface area contributed by atoms with Crippen molar-refractivity contribution in [3.63, 3.8) is 0 Å². The third kappa shape index (κ3) is 3.38. The molecule has 1 aliphatic carbocycles. The van der Waals surface area contributed by atoms with Gasteiger partial charge < -0.3 is 9.42 Å². The first kappa shape index (κ1) is 18.5. The van der Waals surface area contributed by atoms with E-state index in [1.165, 1.54) is 22.7 Å². The number of hydrogen-bond donors (Lipinski definition) is 0. The molecule has 0 unspecified atom stereocenters. The first-order valence-corrected chi connectivity index (χ1v) is 11.5. The fourth-order valence-electron chi connectivity index (χ4n) is 4.05. The Morgan fingerprint density at radius 3 is 2.83 bits per heavy atom. The van der Waals surface area contributed by atoms with Gasteiger partial charge in [-0.15, -0.1) is 5.10 Å². The van der Waals surface area contributed by atoms with Crippen molar-refractivity contribution in [2.75, 3.05) is 25.0 Å². The van der Waals surface area contributed by atoms with E-state index in [-0.39, 0.29) is 11.8 Å². The van der Waals surface area contributed by atoms with Crippen molar-refractivity contribution in [1.29, 1.82) is 0 Å². The second-order valence-electron chi connectivity index (χ2n) is 7.84. The van der Waals surface area contributed by atoms with E-state index in [1.54, 1.807) is 13.1 Å². The van der Waals surface area contributed by atoms with E-state index in [0.29, 0.717) is 24.4 Å². The van der Waals surface area contributed by atoms with E-state index in [4.69, 9.17) is 4.52 Å². The fraction of sp³-hybridized carbons (Fsp3) is 0.450. The van der Waals surface area contributed by atoms with E-state index >= 15 is 0 Å². The lowest BCUT2D eigenvalue weighted by molar-refractivity contribution is 0.308. The Morgan fingerprint density at radius 1 is 1.17 bits per heavy atom. The molecule has 8 nitrogen and oxygen atoms in total. The van der Waals surface area contributed by atoms with Gasteiger partial charge in [0.25, 0.3) is 0 Å². The molecule has 3 heterocycles. The minimum absolute atomic E-state index is 0.0870. The van der Waals surface area contributed by atoms with E-state index in [9.17, 15) is 8.42 Å². The summed E-state index contributed by atoms with van der Waals surface area (Å²) in [6.07, 6.45) is 4.42. The minimum atomic E-state index is -3.51. The standard InChI is InChI=1S/C20H23N5O3S/c1-24(29(26,27)13-18-16-7-3-5-9-19(16)28-23-18)15-11-25(12-15)20-10-14-6-2-4-8-17(14)21-22-20/h3,5,7,9-10,15H,2,4,6,8,11-13H2,1H3. The fourth-order valence-corrected chi connectivity index (χ4v) is 5.39. The summed E-state index contributed by atoms with van der Waals surface area (Å²) >= 11 is 0. The molecule has 2 aliphatic rings. The monoisotopic (exact) mass is 413 g/mol. The number of fused-ring (bicyclic) bond motifs is 2. The molecule has 0 amide bonds. The third-order valence-electron chi connectivity index (χ3n) is 5.97. The van der Waals surface area contributed by atoms with E-state index in [1.807, 2.05) is 18.2 Å². The van der Waals surface area contributed by atoms with E-state index < -0.39 is 10.0 Å². The maximum absolute atomic E-state index is 12.9. The Balaban J connectivity index is 1.26. The predicted octanol–water partition coefficient (Wildman–Crippen LogP) is 2.15. The number of rotatable bonds is 5. The van der Waals surface area contributed by atoms with E-state index in [0.717, 1.165) is 29.7 Å². The molecule has 5 rings (SSSR count). The van der Waals surface area contributed by atoms with Gasteiger partial charge in [0.1, 0.15) is 11.4 Å². The highest BCUT2D eigenvalue weighted by Gasteiger charge is 2.37. The van der Waals surface area contributed by atoms with Gasteiger partial charge in [0, 0.05) is 25.5 Å². The number of hydrogen-bond acceptors (Lipinski definition) is 7. The quantitative estimate of drug-likeness (QED) is 0.633. The van der Waals surface area contributed by atoms with Crippen LogP contribution in [0, 0.1) is 0 Å². The number of sulfonamides is 1. The zero-order valence-electron chi connectivity index (χ0n) is 16.3. The average Bonchev–Trinajstić information content (AvgIpc) is 3.09. The summed E-state index contributed by atoms with van der Waals surface area (Å²) in [5.74, 6) is 0.672. The van der Waals surface area contributed by atoms with Gasteiger partial charge in [0.2, 0.25) is 10.0 Å². The average molecular weight is 414 g/mol. The largest absolute Gasteiger partial charge is 0.356 e. The summed E-state index contributed by atoms with van der Waals surface area (Å²) in [5.41, 5.74) is 3.44. The minimum Gasteiger partial charge on any atom is -0.356 e. The number of aromatic nitrogens is 3. The molecular weight excluding hydrogens is 390 g/mol. The second kappa shape index (κ2) is 7.07. The molecule has 3 aromatic rings. The maximum atomic E-state index is 12.9. The van der Waals surface area contributed by atoms with Crippen LogP contribution in [0.1, 0.15) is 29.8 Å². The Morgan fingerprint density at radius 2 is 1.97 bits per heavy atom. The van der Waals surface area contributed by atoms with Gasteiger partial charge in [-0.2, -0.15) is 9.40 Å². The number of benzene rings is 1. The summed E-state index contributed by atoms with van der Waals surface area (Å²) < 4.78 is 32.5. The lowest BCUT2D eigenvalue weighted by Gasteiger charge is -2.43. The van der Waals surface area contributed by atoms with Crippen LogP contribution in [0.5, 0.6) is 0 Å². The van der Waals surface area contributed by atoms with Crippen LogP contribution in [-0.2, 0) is 28.6 Å². The molecule has 0 bridgehead atoms. The normalized spacial score (nSPS) is 17.5. The summed E-state index contributed by atoms with van der Waals surface area (Å²) in [6, 6.07) is 9.33. The molecule has 0 atom stereocenters. The Bertz CT molecular complexity index is 1150. The Hall–Kier alpha value is -2.52. The second-order valence-corrected chi connectivity index (χ2v) is 9.87. The lowest BCUT2D eigenvalue weighted by Crippen LogP contribution is -2.60. The van der Waals surface area contributed by atoms with Crippen molar-refractivity contribution in [3.05, 3.63) is 47.3 Å². The van der Waals surface area contributed by atoms with Crippen molar-refractivity contribution < 1.29 is 12.9 Å². The molecule has 29 heavy (non-hydrogen) atoms. The van der Waals surface area contributed by atoms with Gasteiger partial charge in [-0.3, -0.25) is 0 Å². The highest BCUT2D eigenvalue weighted by molar-refractivity contribution is 7.88. The molecule has 0 radical (unpaired) electrons. The summed E-state index contributed by atoms with van der Waals surface area (Å²) in [6.45, 7) is 1.23. The SMILES string of the molecule is CN(C1CN(c2cc3c(nn2)CCCC3)C1)S(=O)(=O)Cc1noc2ccccc12. The number of likely N-dealkylation sites (N-methyl/N-ethyl adjacent to an activating group) is 1. The van der Waals surface area contributed by atoms with Crippen LogP contribution < -0.4 is 4.90 Å². The van der Waals surface area contributed by atoms with Crippen molar-refractivity contribution in [2.24, 2.45) is 0 Å². The van der Waals surface area contributed by atoms with Crippen LogP contribution in [0.3, 0.4) is 0 Å². The van der Waals surface area contributed by atoms with Crippen molar-refractivity contribution in [2.45, 2.75) is 37.5 Å². The van der Waals surface area contributed by atoms with Crippen molar-refractivity contribution in [3.8, 4) is 0 Å². The number of anilines is 1. The smallest absolute Gasteiger partial charge is 0.220 e. The molecule has 0 spiro atoms. The zero-order chi connectivity index (χ0) is 20.0. The number of aryl methyl sites for hydroxylation is 2. The molecule has 9 heteroatoms. The van der Waals surface area contributed by atoms with Crippen molar-refractivity contribution in [1.82, 2.24) is 19.7 Å². The van der Waals surface area contributed by atoms with Gasteiger partial charge in [-0.1, -0.05) is 17.3 Å². The van der Waals surface area contributed by atoms with Gasteiger partial charge >= 0.3 is 0 Å². The van der Waals surface area contributed by atoms with Crippen LogP contribution in [0.25, 0.3) is 11.0 Å². The maximum Gasteiger partial charge on any atom is 0.220 e. The van der Waals surface area contributed by atoms with Crippen LogP contribution >= 0.6 is 0 Å². The van der Waals surface area contributed by atoms with Crippen LogP contribution in [0.4, 0.5) is 5.82 Å². The van der Waals surface area contributed by atoms with Crippen LogP contribution in [0.15, 0.2) is 34.9 Å². The third-order valence-corrected chi connectivity index (χ3v) is 7.78. The zero-order valence-corrected chi connectivity index (χ0v) is 17.1. The van der Waals surface area contributed by atoms with Gasteiger partial charge in [0.05, 0.1) is 11.7 Å². The molecule has 2 aromatic heterocycles. The molecule has 0 N–H and O–H groups in total. The van der Waals surface area contributed by atoms with Crippen molar-refractivity contribution >= 4 is 26.8 Å². The molecule has 1 saturated heterocycles. The first-order valence-electron chi connectivity index (χ1n) is 9.91. The first-order chi connectivity index (χ1) is 14.0. The van der Waals surface area contributed by atoms with E-state index in [2.05, 4.69) is 26.3 Å².